The molecule has 2 aromatic carbocycles. The Hall–Kier alpha value is -1.87. The van der Waals surface area contributed by atoms with Crippen molar-refractivity contribution < 1.29 is 0 Å². The predicted molar refractivity (Wildman–Crippen MR) is 95.5 cm³/mol. The van der Waals surface area contributed by atoms with Gasteiger partial charge in [-0.05, 0) is 47.7 Å². The lowest BCUT2D eigenvalue weighted by Crippen LogP contribution is -2.12. The number of nitrogens with one attached hydrogen (secondary N) is 1. The highest BCUT2D eigenvalue weighted by molar-refractivity contribution is 7.80. The van der Waals surface area contributed by atoms with Crippen molar-refractivity contribution in [2.75, 3.05) is 5.32 Å². The highest BCUT2D eigenvalue weighted by atomic mass is 32.1. The molecular formula is C18H22N2S. The minimum absolute atomic E-state index is 0.159. The van der Waals surface area contributed by atoms with Crippen LogP contribution in [0.25, 0.3) is 0 Å². The largest absolute Gasteiger partial charge is 0.389 e. The maximum atomic E-state index is 5.79. The summed E-state index contributed by atoms with van der Waals surface area (Å²) in [7, 11) is 0. The van der Waals surface area contributed by atoms with Gasteiger partial charge in [0, 0.05) is 16.9 Å². The number of thiocarbonyl (C=S) groups is 1. The molecule has 0 bridgehead atoms. The predicted octanol–water partition coefficient (Wildman–Crippen LogP) is 4.67. The van der Waals surface area contributed by atoms with Crippen LogP contribution in [0.1, 0.15) is 37.5 Å². The van der Waals surface area contributed by atoms with Gasteiger partial charge in [-0.3, -0.25) is 0 Å². The Labute approximate surface area is 132 Å². The summed E-state index contributed by atoms with van der Waals surface area (Å²) in [6.45, 7) is 8.68. The topological polar surface area (TPSA) is 38.0 Å². The molecule has 0 heterocycles. The second-order valence-corrected chi connectivity index (χ2v) is 6.81. The van der Waals surface area contributed by atoms with Crippen molar-refractivity contribution in [3.63, 3.8) is 0 Å². The molecule has 3 N–H and O–H groups in total. The summed E-state index contributed by atoms with van der Waals surface area (Å²) in [5.41, 5.74) is 11.3. The minimum atomic E-state index is 0.159. The summed E-state index contributed by atoms with van der Waals surface area (Å²) >= 11 is 5.12. The van der Waals surface area contributed by atoms with Crippen molar-refractivity contribution in [1.29, 1.82) is 0 Å². The van der Waals surface area contributed by atoms with Gasteiger partial charge in [0.05, 0.1) is 0 Å². The average molecular weight is 298 g/mol. The zero-order valence-corrected chi connectivity index (χ0v) is 13.8. The summed E-state index contributed by atoms with van der Waals surface area (Å²) in [5.74, 6) is 0. The first-order chi connectivity index (χ1) is 9.77. The van der Waals surface area contributed by atoms with Gasteiger partial charge in [0.1, 0.15) is 4.99 Å². The number of anilines is 2. The van der Waals surface area contributed by atoms with Gasteiger partial charge in [-0.2, -0.15) is 0 Å². The molecule has 0 atom stereocenters. The molecule has 0 aliphatic rings. The summed E-state index contributed by atoms with van der Waals surface area (Å²) in [6.07, 6.45) is 0. The maximum absolute atomic E-state index is 5.79. The number of nitrogens with two attached hydrogens (primary N) is 1. The van der Waals surface area contributed by atoms with Crippen molar-refractivity contribution >= 4 is 28.6 Å². The van der Waals surface area contributed by atoms with E-state index in [9.17, 15) is 0 Å². The van der Waals surface area contributed by atoms with Crippen LogP contribution in [0.3, 0.4) is 0 Å². The van der Waals surface area contributed by atoms with Gasteiger partial charge in [-0.15, -0.1) is 0 Å². The van der Waals surface area contributed by atoms with E-state index in [-0.39, 0.29) is 5.41 Å². The summed E-state index contributed by atoms with van der Waals surface area (Å²) in [6, 6.07) is 14.5. The third-order valence-corrected chi connectivity index (χ3v) is 3.69. The van der Waals surface area contributed by atoms with Crippen molar-refractivity contribution in [2.24, 2.45) is 5.73 Å². The van der Waals surface area contributed by atoms with E-state index >= 15 is 0 Å². The molecule has 2 aromatic rings. The Kier molecular flexibility index (Phi) is 4.33. The smallest absolute Gasteiger partial charge is 0.106 e. The molecule has 0 aliphatic carbocycles. The zero-order chi connectivity index (χ0) is 15.6. The Morgan fingerprint density at radius 2 is 1.67 bits per heavy atom. The number of hydrogen-bond donors (Lipinski definition) is 2. The molecule has 0 saturated heterocycles. The lowest BCUT2D eigenvalue weighted by molar-refractivity contribution is 0.590. The normalized spacial score (nSPS) is 11.2. The number of rotatable bonds is 3. The fourth-order valence-corrected chi connectivity index (χ4v) is 2.36. The molecule has 0 radical (unpaired) electrons. The summed E-state index contributed by atoms with van der Waals surface area (Å²) < 4.78 is 0. The molecule has 21 heavy (non-hydrogen) atoms. The SMILES string of the molecule is Cc1ccc(C(N)=S)c(Nc2ccc(C(C)(C)C)cc2)c1. The Bertz CT molecular complexity index is 652. The van der Waals surface area contributed by atoms with Crippen LogP contribution in [0, 0.1) is 6.92 Å². The van der Waals surface area contributed by atoms with E-state index in [0.717, 1.165) is 16.9 Å². The van der Waals surface area contributed by atoms with Crippen LogP contribution in [0.4, 0.5) is 11.4 Å². The molecule has 0 fully saturated rings. The van der Waals surface area contributed by atoms with Gasteiger partial charge in [0.2, 0.25) is 0 Å². The van der Waals surface area contributed by atoms with Crippen LogP contribution in [-0.4, -0.2) is 4.99 Å². The Morgan fingerprint density at radius 3 is 2.19 bits per heavy atom. The van der Waals surface area contributed by atoms with E-state index in [1.165, 1.54) is 11.1 Å². The highest BCUT2D eigenvalue weighted by Gasteiger charge is 2.13. The molecule has 0 unspecified atom stereocenters. The molecular weight excluding hydrogens is 276 g/mol. The van der Waals surface area contributed by atoms with Crippen molar-refractivity contribution in [3.8, 4) is 0 Å². The lowest BCUT2D eigenvalue weighted by atomic mass is 9.87. The van der Waals surface area contributed by atoms with E-state index in [1.807, 2.05) is 12.1 Å². The standard InChI is InChI=1S/C18H22N2S/c1-12-5-10-15(17(19)21)16(11-12)20-14-8-6-13(7-9-14)18(2,3)4/h5-11,20H,1-4H3,(H2,19,21). The lowest BCUT2D eigenvalue weighted by Gasteiger charge is -2.19. The fraction of sp³-hybridized carbons (Fsp3) is 0.278. The van der Waals surface area contributed by atoms with Crippen LogP contribution in [-0.2, 0) is 5.41 Å². The van der Waals surface area contributed by atoms with Crippen molar-refractivity contribution in [1.82, 2.24) is 0 Å². The minimum Gasteiger partial charge on any atom is -0.389 e. The van der Waals surface area contributed by atoms with E-state index in [4.69, 9.17) is 18.0 Å². The quantitative estimate of drug-likeness (QED) is 0.809. The van der Waals surface area contributed by atoms with Gasteiger partial charge in [-0.1, -0.05) is 51.2 Å². The van der Waals surface area contributed by atoms with Crippen LogP contribution in [0.5, 0.6) is 0 Å². The highest BCUT2D eigenvalue weighted by Crippen LogP contribution is 2.26. The van der Waals surface area contributed by atoms with Crippen LogP contribution < -0.4 is 11.1 Å². The second-order valence-electron chi connectivity index (χ2n) is 6.37. The molecule has 0 saturated carbocycles. The average Bonchev–Trinajstić information content (AvgIpc) is 2.38. The van der Waals surface area contributed by atoms with Gasteiger partial charge in [0.15, 0.2) is 0 Å². The van der Waals surface area contributed by atoms with Crippen molar-refractivity contribution in [2.45, 2.75) is 33.1 Å². The Morgan fingerprint density at radius 1 is 1.05 bits per heavy atom. The van der Waals surface area contributed by atoms with Crippen LogP contribution in [0.15, 0.2) is 42.5 Å². The first-order valence-electron chi connectivity index (χ1n) is 7.05. The van der Waals surface area contributed by atoms with Crippen LogP contribution in [0.2, 0.25) is 0 Å². The second kappa shape index (κ2) is 5.86. The molecule has 0 aliphatic heterocycles. The molecule has 2 nitrogen and oxygen atoms in total. The van der Waals surface area contributed by atoms with Crippen molar-refractivity contribution in [3.05, 3.63) is 59.2 Å². The van der Waals surface area contributed by atoms with E-state index in [2.05, 4.69) is 63.3 Å². The third kappa shape index (κ3) is 3.82. The van der Waals surface area contributed by atoms with Gasteiger partial charge >= 0.3 is 0 Å². The summed E-state index contributed by atoms with van der Waals surface area (Å²) in [4.78, 5) is 0.406. The zero-order valence-electron chi connectivity index (χ0n) is 13.0. The number of hydrogen-bond acceptors (Lipinski definition) is 2. The Balaban J connectivity index is 2.30. The van der Waals surface area contributed by atoms with Gasteiger partial charge in [-0.25, -0.2) is 0 Å². The number of aryl methyl sites for hydroxylation is 1. The first-order valence-corrected chi connectivity index (χ1v) is 7.46. The third-order valence-electron chi connectivity index (χ3n) is 3.47. The fourth-order valence-electron chi connectivity index (χ4n) is 2.19. The summed E-state index contributed by atoms with van der Waals surface area (Å²) in [5, 5.41) is 3.41. The van der Waals surface area contributed by atoms with E-state index in [1.54, 1.807) is 0 Å². The number of benzene rings is 2. The molecule has 0 aromatic heterocycles. The molecule has 0 amide bonds. The first kappa shape index (κ1) is 15.5. The monoisotopic (exact) mass is 298 g/mol. The maximum Gasteiger partial charge on any atom is 0.106 e. The molecule has 3 heteroatoms. The van der Waals surface area contributed by atoms with Gasteiger partial charge in [0.25, 0.3) is 0 Å². The van der Waals surface area contributed by atoms with E-state index < -0.39 is 0 Å². The van der Waals surface area contributed by atoms with Gasteiger partial charge < -0.3 is 11.1 Å². The molecule has 2 rings (SSSR count). The van der Waals surface area contributed by atoms with E-state index in [0.29, 0.717) is 4.99 Å². The molecule has 110 valence electrons. The van der Waals surface area contributed by atoms with Crippen LogP contribution >= 0.6 is 12.2 Å². The molecule has 0 spiro atoms.